The predicted molar refractivity (Wildman–Crippen MR) is 84.4 cm³/mol. The summed E-state index contributed by atoms with van der Waals surface area (Å²) in [4.78, 5) is 16.9. The molecule has 1 aromatic carbocycles. The molecule has 0 bridgehead atoms. The van der Waals surface area contributed by atoms with Gasteiger partial charge in [-0.25, -0.2) is 4.98 Å². The zero-order chi connectivity index (χ0) is 14.8. The Morgan fingerprint density at radius 2 is 2.29 bits per heavy atom. The average molecular weight is 300 g/mol. The lowest BCUT2D eigenvalue weighted by Crippen LogP contribution is -1.95. The Kier molecular flexibility index (Phi) is 3.75. The van der Waals surface area contributed by atoms with Crippen molar-refractivity contribution in [2.75, 3.05) is 7.11 Å². The number of carbonyl (C=O) groups excluding carboxylic acids is 1. The van der Waals surface area contributed by atoms with E-state index in [0.29, 0.717) is 11.4 Å². The largest absolute Gasteiger partial charge is 0.496 e. The van der Waals surface area contributed by atoms with Gasteiger partial charge < -0.3 is 4.74 Å². The number of imidazole rings is 1. The highest BCUT2D eigenvalue weighted by Gasteiger charge is 2.18. The number of aldehydes is 1. The summed E-state index contributed by atoms with van der Waals surface area (Å²) in [6.45, 7) is 2.15. The molecule has 0 saturated heterocycles. The molecule has 0 fully saturated rings. The van der Waals surface area contributed by atoms with E-state index >= 15 is 0 Å². The van der Waals surface area contributed by atoms with Crippen molar-refractivity contribution in [1.29, 1.82) is 0 Å². The lowest BCUT2D eigenvalue weighted by Gasteiger charge is -2.09. The molecule has 21 heavy (non-hydrogen) atoms. The summed E-state index contributed by atoms with van der Waals surface area (Å²) in [5, 5.41) is 1.92. The molecule has 0 atom stereocenters. The fraction of sp³-hybridized carbons (Fsp3) is 0.250. The molecule has 0 spiro atoms. The number of rotatable bonds is 5. The van der Waals surface area contributed by atoms with Gasteiger partial charge in [0.1, 0.15) is 17.1 Å². The van der Waals surface area contributed by atoms with Crippen LogP contribution < -0.4 is 4.74 Å². The maximum absolute atomic E-state index is 11.5. The molecule has 0 saturated carbocycles. The van der Waals surface area contributed by atoms with Gasteiger partial charge in [0.15, 0.2) is 11.2 Å². The summed E-state index contributed by atoms with van der Waals surface area (Å²) >= 11 is 1.51. The highest BCUT2D eigenvalue weighted by atomic mass is 32.1. The molecule has 108 valence electrons. The molecule has 0 N–H and O–H groups in total. The molecule has 0 amide bonds. The van der Waals surface area contributed by atoms with Crippen LogP contribution in [0.3, 0.4) is 0 Å². The van der Waals surface area contributed by atoms with E-state index in [4.69, 9.17) is 4.74 Å². The van der Waals surface area contributed by atoms with Crippen LogP contribution in [0.25, 0.3) is 16.2 Å². The van der Waals surface area contributed by atoms with Crippen LogP contribution in [0, 0.1) is 0 Å². The van der Waals surface area contributed by atoms with E-state index in [0.717, 1.165) is 35.4 Å². The monoisotopic (exact) mass is 300 g/mol. The Bertz CT molecular complexity index is 789. The summed E-state index contributed by atoms with van der Waals surface area (Å²) in [5.74, 6) is 0.740. The third-order valence-electron chi connectivity index (χ3n) is 3.47. The van der Waals surface area contributed by atoms with Gasteiger partial charge in [-0.3, -0.25) is 9.20 Å². The van der Waals surface area contributed by atoms with Crippen LogP contribution in [-0.4, -0.2) is 22.8 Å². The van der Waals surface area contributed by atoms with Gasteiger partial charge >= 0.3 is 0 Å². The first kappa shape index (κ1) is 13.8. The molecule has 5 heteroatoms. The smallest absolute Gasteiger partial charge is 0.194 e. The van der Waals surface area contributed by atoms with Gasteiger partial charge in [-0.1, -0.05) is 19.4 Å². The van der Waals surface area contributed by atoms with Crippen molar-refractivity contribution in [3.05, 3.63) is 41.0 Å². The van der Waals surface area contributed by atoms with E-state index < -0.39 is 0 Å². The third-order valence-corrected chi connectivity index (χ3v) is 4.22. The number of carbonyl (C=O) groups is 1. The van der Waals surface area contributed by atoms with E-state index in [2.05, 4.69) is 24.0 Å². The van der Waals surface area contributed by atoms with Gasteiger partial charge in [0, 0.05) is 17.1 Å². The number of aryl methyl sites for hydroxylation is 1. The van der Waals surface area contributed by atoms with Crippen molar-refractivity contribution in [2.24, 2.45) is 0 Å². The van der Waals surface area contributed by atoms with Gasteiger partial charge in [-0.05, 0) is 24.1 Å². The number of hydrogen-bond acceptors (Lipinski definition) is 4. The van der Waals surface area contributed by atoms with Crippen molar-refractivity contribution < 1.29 is 9.53 Å². The molecular formula is C16H16N2O2S. The first-order valence-electron chi connectivity index (χ1n) is 6.86. The Balaban J connectivity index is 2.22. The average Bonchev–Trinajstić information content (AvgIpc) is 3.07. The van der Waals surface area contributed by atoms with Gasteiger partial charge in [0.2, 0.25) is 0 Å². The Labute approximate surface area is 127 Å². The summed E-state index contributed by atoms with van der Waals surface area (Å²) in [5.41, 5.74) is 3.35. The number of hydrogen-bond donors (Lipinski definition) is 0. The SMILES string of the molecule is CCCc1ccc(OC)c(-c2nc3sccn3c2C=O)c1. The molecule has 0 radical (unpaired) electrons. The molecule has 3 aromatic rings. The van der Waals surface area contributed by atoms with Crippen molar-refractivity contribution in [3.63, 3.8) is 0 Å². The summed E-state index contributed by atoms with van der Waals surface area (Å²) in [6.07, 6.45) is 4.79. The summed E-state index contributed by atoms with van der Waals surface area (Å²) < 4.78 is 7.26. The first-order chi connectivity index (χ1) is 10.3. The van der Waals surface area contributed by atoms with Gasteiger partial charge in [0.25, 0.3) is 0 Å². The molecular weight excluding hydrogens is 284 g/mol. The molecule has 0 unspecified atom stereocenters. The third kappa shape index (κ3) is 2.34. The molecule has 4 nitrogen and oxygen atoms in total. The van der Waals surface area contributed by atoms with Crippen LogP contribution in [0.1, 0.15) is 29.4 Å². The lowest BCUT2D eigenvalue weighted by molar-refractivity contribution is 0.111. The minimum Gasteiger partial charge on any atom is -0.496 e. The van der Waals surface area contributed by atoms with Crippen molar-refractivity contribution >= 4 is 22.6 Å². The fourth-order valence-corrected chi connectivity index (χ4v) is 3.22. The predicted octanol–water partition coefficient (Wildman–Crippen LogP) is 3.84. The zero-order valence-electron chi connectivity index (χ0n) is 12.0. The summed E-state index contributed by atoms with van der Waals surface area (Å²) in [7, 11) is 1.64. The number of thiazole rings is 1. The van der Waals surface area contributed by atoms with Gasteiger partial charge in [0.05, 0.1) is 7.11 Å². The first-order valence-corrected chi connectivity index (χ1v) is 7.74. The Morgan fingerprint density at radius 3 is 3.00 bits per heavy atom. The van der Waals surface area contributed by atoms with E-state index in [9.17, 15) is 4.79 Å². The summed E-state index contributed by atoms with van der Waals surface area (Å²) in [6, 6.07) is 6.08. The Hall–Kier alpha value is -2.14. The molecule has 0 aliphatic carbocycles. The highest BCUT2D eigenvalue weighted by molar-refractivity contribution is 7.15. The number of ether oxygens (including phenoxy) is 1. The normalized spacial score (nSPS) is 11.0. The van der Waals surface area contributed by atoms with Gasteiger partial charge in [-0.2, -0.15) is 0 Å². The quantitative estimate of drug-likeness (QED) is 0.672. The maximum atomic E-state index is 11.5. The van der Waals surface area contributed by atoms with Crippen molar-refractivity contribution in [3.8, 4) is 17.0 Å². The number of methoxy groups -OCH3 is 1. The molecule has 3 rings (SSSR count). The van der Waals surface area contributed by atoms with Crippen LogP contribution in [0.4, 0.5) is 0 Å². The minimum atomic E-state index is 0.568. The number of aromatic nitrogens is 2. The van der Waals surface area contributed by atoms with E-state index in [1.165, 1.54) is 16.9 Å². The maximum Gasteiger partial charge on any atom is 0.194 e. The van der Waals surface area contributed by atoms with Crippen molar-refractivity contribution in [2.45, 2.75) is 19.8 Å². The Morgan fingerprint density at radius 1 is 1.43 bits per heavy atom. The fourth-order valence-electron chi connectivity index (χ4n) is 2.50. The standard InChI is InChI=1S/C16H16N2O2S/c1-3-4-11-5-6-14(20-2)12(9-11)15-13(10-19)18-7-8-21-16(18)17-15/h5-10H,3-4H2,1-2H3. The molecule has 2 heterocycles. The highest BCUT2D eigenvalue weighted by Crippen LogP contribution is 2.33. The second kappa shape index (κ2) is 5.69. The van der Waals surface area contributed by atoms with Gasteiger partial charge in [-0.15, -0.1) is 11.3 Å². The topological polar surface area (TPSA) is 43.6 Å². The van der Waals surface area contributed by atoms with E-state index in [1.54, 1.807) is 7.11 Å². The molecule has 0 aliphatic heterocycles. The van der Waals surface area contributed by atoms with Crippen LogP contribution in [0.5, 0.6) is 5.75 Å². The van der Waals surface area contributed by atoms with Crippen LogP contribution in [0.2, 0.25) is 0 Å². The van der Waals surface area contributed by atoms with E-state index in [-0.39, 0.29) is 0 Å². The molecule has 0 aliphatic rings. The number of benzene rings is 1. The second-order valence-corrected chi connectivity index (χ2v) is 5.68. The van der Waals surface area contributed by atoms with Crippen LogP contribution >= 0.6 is 11.3 Å². The van der Waals surface area contributed by atoms with Crippen LogP contribution in [0.15, 0.2) is 29.8 Å². The molecule has 2 aromatic heterocycles. The zero-order valence-corrected chi connectivity index (χ0v) is 12.8. The second-order valence-electron chi connectivity index (χ2n) is 4.80. The number of fused-ring (bicyclic) bond motifs is 1. The van der Waals surface area contributed by atoms with Crippen LogP contribution in [-0.2, 0) is 6.42 Å². The van der Waals surface area contributed by atoms with Crippen molar-refractivity contribution in [1.82, 2.24) is 9.38 Å². The lowest BCUT2D eigenvalue weighted by atomic mass is 10.0. The number of nitrogens with zero attached hydrogens (tertiary/aromatic N) is 2. The minimum absolute atomic E-state index is 0.568. The van der Waals surface area contributed by atoms with E-state index in [1.807, 2.05) is 22.0 Å².